The molecule has 0 radical (unpaired) electrons. The van der Waals surface area contributed by atoms with Gasteiger partial charge in [-0.25, -0.2) is 9.97 Å². The molecule has 2 aliphatic rings. The predicted molar refractivity (Wildman–Crippen MR) is 96.3 cm³/mol. The van der Waals surface area contributed by atoms with Gasteiger partial charge in [0.05, 0.1) is 6.54 Å². The lowest BCUT2D eigenvalue weighted by molar-refractivity contribution is 0.0764. The molecule has 0 N–H and O–H groups in total. The molecule has 0 bridgehead atoms. The number of carbonyl (C=O) groups excluding carboxylic acids is 1. The minimum absolute atomic E-state index is 0.0382. The van der Waals surface area contributed by atoms with Crippen LogP contribution in [0.3, 0.4) is 0 Å². The Hall–Kier alpha value is -2.64. The first-order valence-corrected chi connectivity index (χ1v) is 9.29. The molecule has 0 aromatic carbocycles. The lowest BCUT2D eigenvalue weighted by Gasteiger charge is -2.18. The molecular formula is C18H24N6O2. The first-order valence-electron chi connectivity index (χ1n) is 9.29. The second kappa shape index (κ2) is 7.31. The number of aromatic nitrogens is 4. The number of carbonyl (C=O) groups is 1. The molecule has 1 amide bonds. The molecule has 2 fully saturated rings. The molecule has 2 aromatic rings. The third-order valence-electron chi connectivity index (χ3n) is 4.96. The van der Waals surface area contributed by atoms with E-state index in [0.29, 0.717) is 24.7 Å². The maximum absolute atomic E-state index is 12.6. The highest BCUT2D eigenvalue weighted by Gasteiger charge is 2.29. The first-order chi connectivity index (χ1) is 12.7. The number of nitrogens with zero attached hydrogens (tertiary/aromatic N) is 6. The second-order valence-corrected chi connectivity index (χ2v) is 6.74. The number of anilines is 1. The lowest BCUT2D eigenvalue weighted by atomic mass is 10.3. The smallest absolute Gasteiger partial charge is 0.274 e. The lowest BCUT2D eigenvalue weighted by Crippen LogP contribution is -2.31. The Balaban J connectivity index is 1.37. The minimum atomic E-state index is -0.0476. The van der Waals surface area contributed by atoms with Crippen molar-refractivity contribution in [2.45, 2.75) is 38.8 Å². The Morgan fingerprint density at radius 3 is 2.88 bits per heavy atom. The van der Waals surface area contributed by atoms with Crippen molar-refractivity contribution in [2.24, 2.45) is 0 Å². The summed E-state index contributed by atoms with van der Waals surface area (Å²) in [5, 5.41) is 4.30. The van der Waals surface area contributed by atoms with Gasteiger partial charge in [-0.15, -0.1) is 0 Å². The van der Waals surface area contributed by atoms with Crippen molar-refractivity contribution in [3.05, 3.63) is 30.4 Å². The molecule has 0 spiro atoms. The zero-order chi connectivity index (χ0) is 17.9. The molecule has 8 heteroatoms. The van der Waals surface area contributed by atoms with Gasteiger partial charge in [-0.1, -0.05) is 0 Å². The van der Waals surface area contributed by atoms with Gasteiger partial charge < -0.3 is 14.5 Å². The summed E-state index contributed by atoms with van der Waals surface area (Å²) in [5.41, 5.74) is 0.492. The van der Waals surface area contributed by atoms with Gasteiger partial charge in [0, 0.05) is 44.9 Å². The standard InChI is InChI=1S/C18H24N6O2/c1-2-24-10-6-15(21-24)18(25)23-9-5-14(12-23)26-17-11-16(19-13-20-17)22-7-3-4-8-22/h6,10-11,13-14H,2-5,7-9,12H2,1H3. The summed E-state index contributed by atoms with van der Waals surface area (Å²) >= 11 is 0. The third kappa shape index (κ3) is 3.49. The van der Waals surface area contributed by atoms with E-state index >= 15 is 0 Å². The van der Waals surface area contributed by atoms with Crippen LogP contribution in [0.5, 0.6) is 5.88 Å². The zero-order valence-electron chi connectivity index (χ0n) is 15.0. The second-order valence-electron chi connectivity index (χ2n) is 6.74. The Labute approximate surface area is 152 Å². The molecule has 2 aromatic heterocycles. The maximum atomic E-state index is 12.6. The number of hydrogen-bond acceptors (Lipinski definition) is 6. The summed E-state index contributed by atoms with van der Waals surface area (Å²) in [6.07, 6.45) is 6.54. The molecule has 0 saturated carbocycles. The maximum Gasteiger partial charge on any atom is 0.274 e. The molecule has 4 rings (SSSR count). The van der Waals surface area contributed by atoms with E-state index in [1.54, 1.807) is 22.0 Å². The monoisotopic (exact) mass is 356 g/mol. The number of hydrogen-bond donors (Lipinski definition) is 0. The number of rotatable bonds is 5. The highest BCUT2D eigenvalue weighted by atomic mass is 16.5. The van der Waals surface area contributed by atoms with E-state index in [0.717, 1.165) is 31.9 Å². The van der Waals surface area contributed by atoms with Crippen LogP contribution < -0.4 is 9.64 Å². The van der Waals surface area contributed by atoms with E-state index in [2.05, 4.69) is 20.0 Å². The molecule has 0 aliphatic carbocycles. The normalized spacial score (nSPS) is 20.0. The van der Waals surface area contributed by atoms with Gasteiger partial charge in [0.25, 0.3) is 5.91 Å². The fourth-order valence-electron chi connectivity index (χ4n) is 3.51. The third-order valence-corrected chi connectivity index (χ3v) is 4.96. The topological polar surface area (TPSA) is 76.4 Å². The first kappa shape index (κ1) is 16.8. The van der Waals surface area contributed by atoms with Crippen LogP contribution in [0, 0.1) is 0 Å². The van der Waals surface area contributed by atoms with E-state index in [1.165, 1.54) is 12.8 Å². The van der Waals surface area contributed by atoms with Gasteiger partial charge >= 0.3 is 0 Å². The summed E-state index contributed by atoms with van der Waals surface area (Å²) in [6.45, 7) is 6.05. The molecule has 1 atom stereocenters. The number of aryl methyl sites for hydroxylation is 1. The Morgan fingerprint density at radius 1 is 1.27 bits per heavy atom. The van der Waals surface area contributed by atoms with Gasteiger partial charge in [-0.3, -0.25) is 9.48 Å². The largest absolute Gasteiger partial charge is 0.472 e. The van der Waals surface area contributed by atoms with E-state index in [9.17, 15) is 4.79 Å². The van der Waals surface area contributed by atoms with Crippen LogP contribution in [-0.4, -0.2) is 62.8 Å². The van der Waals surface area contributed by atoms with Crippen LogP contribution in [-0.2, 0) is 6.54 Å². The molecule has 1 unspecified atom stereocenters. The Bertz CT molecular complexity index is 771. The van der Waals surface area contributed by atoms with Gasteiger partial charge in [0.2, 0.25) is 5.88 Å². The molecule has 2 aliphatic heterocycles. The van der Waals surface area contributed by atoms with Crippen molar-refractivity contribution in [3.63, 3.8) is 0 Å². The molecule has 2 saturated heterocycles. The zero-order valence-corrected chi connectivity index (χ0v) is 15.0. The molecule has 4 heterocycles. The highest BCUT2D eigenvalue weighted by molar-refractivity contribution is 5.92. The summed E-state index contributed by atoms with van der Waals surface area (Å²) in [7, 11) is 0. The van der Waals surface area contributed by atoms with Crippen molar-refractivity contribution in [1.29, 1.82) is 0 Å². The van der Waals surface area contributed by atoms with E-state index in [-0.39, 0.29) is 12.0 Å². The Kier molecular flexibility index (Phi) is 4.73. The minimum Gasteiger partial charge on any atom is -0.472 e. The van der Waals surface area contributed by atoms with Crippen LogP contribution >= 0.6 is 0 Å². The van der Waals surface area contributed by atoms with E-state index in [4.69, 9.17) is 4.74 Å². The predicted octanol–water partition coefficient (Wildman–Crippen LogP) is 1.59. The van der Waals surface area contributed by atoms with Crippen molar-refractivity contribution < 1.29 is 9.53 Å². The quantitative estimate of drug-likeness (QED) is 0.810. The van der Waals surface area contributed by atoms with Gasteiger partial charge in [0.15, 0.2) is 0 Å². The van der Waals surface area contributed by atoms with Crippen LogP contribution in [0.2, 0.25) is 0 Å². The highest BCUT2D eigenvalue weighted by Crippen LogP contribution is 2.23. The van der Waals surface area contributed by atoms with Crippen LogP contribution in [0.15, 0.2) is 24.7 Å². The van der Waals surface area contributed by atoms with Crippen molar-refractivity contribution in [2.75, 3.05) is 31.1 Å². The fraction of sp³-hybridized carbons (Fsp3) is 0.556. The fourth-order valence-corrected chi connectivity index (χ4v) is 3.51. The summed E-state index contributed by atoms with van der Waals surface area (Å²) < 4.78 is 7.78. The number of likely N-dealkylation sites (tertiary alicyclic amines) is 1. The molecular weight excluding hydrogens is 332 g/mol. The molecule has 138 valence electrons. The number of amides is 1. The summed E-state index contributed by atoms with van der Waals surface area (Å²) in [6, 6.07) is 3.67. The molecule has 26 heavy (non-hydrogen) atoms. The average Bonchev–Trinajstić information content (AvgIpc) is 3.42. The van der Waals surface area contributed by atoms with Crippen LogP contribution in [0.1, 0.15) is 36.7 Å². The van der Waals surface area contributed by atoms with Crippen molar-refractivity contribution in [1.82, 2.24) is 24.6 Å². The van der Waals surface area contributed by atoms with Crippen LogP contribution in [0.4, 0.5) is 5.82 Å². The van der Waals surface area contributed by atoms with E-state index in [1.807, 2.05) is 19.2 Å². The number of ether oxygens (including phenoxy) is 1. The SMILES string of the molecule is CCn1ccc(C(=O)N2CCC(Oc3cc(N4CCCC4)ncn3)C2)n1. The van der Waals surface area contributed by atoms with Gasteiger partial charge in [-0.2, -0.15) is 5.10 Å². The van der Waals surface area contributed by atoms with Crippen molar-refractivity contribution >= 4 is 11.7 Å². The van der Waals surface area contributed by atoms with Gasteiger partial charge in [0.1, 0.15) is 23.9 Å². The van der Waals surface area contributed by atoms with E-state index < -0.39 is 0 Å². The average molecular weight is 356 g/mol. The van der Waals surface area contributed by atoms with Crippen molar-refractivity contribution in [3.8, 4) is 5.88 Å². The van der Waals surface area contributed by atoms with Gasteiger partial charge in [-0.05, 0) is 25.8 Å². The summed E-state index contributed by atoms with van der Waals surface area (Å²) in [4.78, 5) is 25.2. The van der Waals surface area contributed by atoms with Crippen LogP contribution in [0.25, 0.3) is 0 Å². The summed E-state index contributed by atoms with van der Waals surface area (Å²) in [5.74, 6) is 1.46. The Morgan fingerprint density at radius 2 is 2.12 bits per heavy atom. The molecule has 8 nitrogen and oxygen atoms in total.